The van der Waals surface area contributed by atoms with Gasteiger partial charge in [0.1, 0.15) is 0 Å². The third-order valence-corrected chi connectivity index (χ3v) is 4.19. The number of nitrogens with two attached hydrogens (primary N) is 1. The molecule has 0 amide bonds. The highest BCUT2D eigenvalue weighted by Crippen LogP contribution is 2.36. The van der Waals surface area contributed by atoms with Crippen LogP contribution in [0.1, 0.15) is 11.1 Å². The zero-order valence-electron chi connectivity index (χ0n) is 12.4. The standard InChI is InChI=1S/C14H12F3N3O4S/c15-14(16,17)11-7-10(25(18,23)24)5-6-12(11)19-8-9-3-1-2-4-13(9)20(21)22/h1-7,19H,8H2,(H2,18,23,24). The van der Waals surface area contributed by atoms with Crippen LogP contribution in [0.2, 0.25) is 0 Å². The Hall–Kier alpha value is -2.66. The number of para-hydroxylation sites is 1. The van der Waals surface area contributed by atoms with Gasteiger partial charge in [-0.2, -0.15) is 13.2 Å². The van der Waals surface area contributed by atoms with Gasteiger partial charge in [-0.1, -0.05) is 18.2 Å². The van der Waals surface area contributed by atoms with Crippen LogP contribution in [0.3, 0.4) is 0 Å². The third-order valence-electron chi connectivity index (χ3n) is 3.28. The maximum absolute atomic E-state index is 13.2. The lowest BCUT2D eigenvalue weighted by molar-refractivity contribution is -0.385. The quantitative estimate of drug-likeness (QED) is 0.616. The monoisotopic (exact) mass is 375 g/mol. The van der Waals surface area contributed by atoms with Crippen molar-refractivity contribution in [3.8, 4) is 0 Å². The van der Waals surface area contributed by atoms with Gasteiger partial charge in [0, 0.05) is 23.9 Å². The van der Waals surface area contributed by atoms with Gasteiger partial charge in [0.15, 0.2) is 0 Å². The minimum Gasteiger partial charge on any atom is -0.380 e. The Bertz CT molecular complexity index is 914. The van der Waals surface area contributed by atoms with Gasteiger partial charge >= 0.3 is 6.18 Å². The average Bonchev–Trinajstić information content (AvgIpc) is 2.51. The summed E-state index contributed by atoms with van der Waals surface area (Å²) < 4.78 is 62.0. The Labute approximate surface area is 140 Å². The number of nitrogens with zero attached hydrogens (tertiary/aromatic N) is 1. The van der Waals surface area contributed by atoms with E-state index in [1.54, 1.807) is 0 Å². The van der Waals surface area contributed by atoms with Crippen LogP contribution in [0.4, 0.5) is 24.5 Å². The Morgan fingerprint density at radius 2 is 1.80 bits per heavy atom. The van der Waals surface area contributed by atoms with E-state index in [1.165, 1.54) is 24.3 Å². The number of rotatable bonds is 5. The summed E-state index contributed by atoms with van der Waals surface area (Å²) >= 11 is 0. The molecule has 0 saturated heterocycles. The van der Waals surface area contributed by atoms with Crippen LogP contribution in [0.15, 0.2) is 47.4 Å². The zero-order valence-corrected chi connectivity index (χ0v) is 13.3. The molecule has 0 aliphatic carbocycles. The average molecular weight is 375 g/mol. The van der Waals surface area contributed by atoms with Gasteiger partial charge in [0.25, 0.3) is 5.69 Å². The minimum absolute atomic E-state index is 0.177. The predicted octanol–water partition coefficient (Wildman–Crippen LogP) is 2.87. The number of sulfonamides is 1. The van der Waals surface area contributed by atoms with Gasteiger partial charge < -0.3 is 5.32 Å². The first-order chi connectivity index (χ1) is 11.5. The van der Waals surface area contributed by atoms with Crippen molar-refractivity contribution in [1.29, 1.82) is 0 Å². The number of alkyl halides is 3. The topological polar surface area (TPSA) is 115 Å². The SMILES string of the molecule is NS(=O)(=O)c1ccc(NCc2ccccc2[N+](=O)[O-])c(C(F)(F)F)c1. The lowest BCUT2D eigenvalue weighted by Crippen LogP contribution is -2.16. The molecule has 7 nitrogen and oxygen atoms in total. The second-order valence-electron chi connectivity index (χ2n) is 4.99. The fourth-order valence-electron chi connectivity index (χ4n) is 2.12. The molecule has 0 saturated carbocycles. The zero-order chi connectivity index (χ0) is 18.8. The molecule has 0 atom stereocenters. The molecule has 3 N–H and O–H groups in total. The maximum Gasteiger partial charge on any atom is 0.418 e. The summed E-state index contributed by atoms with van der Waals surface area (Å²) in [7, 11) is -4.30. The van der Waals surface area contributed by atoms with E-state index in [0.29, 0.717) is 6.07 Å². The molecule has 0 heterocycles. The summed E-state index contributed by atoms with van der Waals surface area (Å²) in [5.41, 5.74) is -1.73. The van der Waals surface area contributed by atoms with Crippen molar-refractivity contribution in [1.82, 2.24) is 0 Å². The molecule has 25 heavy (non-hydrogen) atoms. The Kier molecular flexibility index (Phi) is 4.99. The molecule has 0 aliphatic heterocycles. The van der Waals surface area contributed by atoms with E-state index in [2.05, 4.69) is 5.32 Å². The number of anilines is 1. The first kappa shape index (κ1) is 18.7. The summed E-state index contributed by atoms with van der Waals surface area (Å²) in [5, 5.41) is 18.2. The molecule has 134 valence electrons. The van der Waals surface area contributed by atoms with E-state index in [0.717, 1.165) is 12.1 Å². The van der Waals surface area contributed by atoms with Crippen LogP contribution in [0, 0.1) is 10.1 Å². The lowest BCUT2D eigenvalue weighted by Gasteiger charge is -2.15. The van der Waals surface area contributed by atoms with Gasteiger partial charge in [-0.15, -0.1) is 0 Å². The first-order valence-corrected chi connectivity index (χ1v) is 8.25. The summed E-state index contributed by atoms with van der Waals surface area (Å²) in [4.78, 5) is 9.60. The van der Waals surface area contributed by atoms with Crippen molar-refractivity contribution in [2.24, 2.45) is 5.14 Å². The summed E-state index contributed by atoms with van der Waals surface area (Å²) in [5.74, 6) is 0. The van der Waals surface area contributed by atoms with E-state index < -0.39 is 37.3 Å². The van der Waals surface area contributed by atoms with E-state index in [9.17, 15) is 31.7 Å². The molecule has 2 rings (SSSR count). The first-order valence-electron chi connectivity index (χ1n) is 6.70. The second-order valence-corrected chi connectivity index (χ2v) is 6.55. The van der Waals surface area contributed by atoms with Crippen LogP contribution in [0.25, 0.3) is 0 Å². The molecule has 0 aromatic heterocycles. The van der Waals surface area contributed by atoms with Gasteiger partial charge in [-0.05, 0) is 18.2 Å². The highest BCUT2D eigenvalue weighted by Gasteiger charge is 2.34. The maximum atomic E-state index is 13.2. The van der Waals surface area contributed by atoms with Crippen molar-refractivity contribution in [3.05, 3.63) is 63.7 Å². The van der Waals surface area contributed by atoms with Gasteiger partial charge in [-0.25, -0.2) is 13.6 Å². The summed E-state index contributed by atoms with van der Waals surface area (Å²) in [6, 6.07) is 7.83. The number of halogens is 3. The summed E-state index contributed by atoms with van der Waals surface area (Å²) in [6.07, 6.45) is -4.84. The second kappa shape index (κ2) is 6.69. The number of nitrogens with one attached hydrogen (secondary N) is 1. The number of primary sulfonamides is 1. The fraction of sp³-hybridized carbons (Fsp3) is 0.143. The lowest BCUT2D eigenvalue weighted by atomic mass is 10.1. The molecule has 11 heteroatoms. The molecular formula is C14H12F3N3O4S. The highest BCUT2D eigenvalue weighted by atomic mass is 32.2. The van der Waals surface area contributed by atoms with E-state index in [4.69, 9.17) is 5.14 Å². The molecule has 0 fully saturated rings. The van der Waals surface area contributed by atoms with Crippen molar-refractivity contribution < 1.29 is 26.5 Å². The van der Waals surface area contributed by atoms with Crippen LogP contribution in [0.5, 0.6) is 0 Å². The Balaban J connectivity index is 2.39. The van der Waals surface area contributed by atoms with Crippen LogP contribution in [-0.2, 0) is 22.7 Å². The smallest absolute Gasteiger partial charge is 0.380 e. The van der Waals surface area contributed by atoms with E-state index in [-0.39, 0.29) is 17.8 Å². The Morgan fingerprint density at radius 1 is 1.16 bits per heavy atom. The molecule has 2 aromatic carbocycles. The number of benzene rings is 2. The van der Waals surface area contributed by atoms with E-state index in [1.807, 2.05) is 0 Å². The largest absolute Gasteiger partial charge is 0.418 e. The van der Waals surface area contributed by atoms with Gasteiger partial charge in [0.05, 0.1) is 15.4 Å². The molecular weight excluding hydrogens is 363 g/mol. The van der Waals surface area contributed by atoms with Crippen molar-refractivity contribution in [2.45, 2.75) is 17.6 Å². The molecule has 0 radical (unpaired) electrons. The Morgan fingerprint density at radius 3 is 2.36 bits per heavy atom. The minimum atomic E-state index is -4.84. The van der Waals surface area contributed by atoms with Gasteiger partial charge in [-0.3, -0.25) is 10.1 Å². The van der Waals surface area contributed by atoms with Crippen LogP contribution in [-0.4, -0.2) is 13.3 Å². The number of hydrogen-bond donors (Lipinski definition) is 2. The fourth-order valence-corrected chi connectivity index (χ4v) is 2.66. The van der Waals surface area contributed by atoms with Crippen molar-refractivity contribution in [3.63, 3.8) is 0 Å². The van der Waals surface area contributed by atoms with Crippen molar-refractivity contribution in [2.75, 3.05) is 5.32 Å². The predicted molar refractivity (Wildman–Crippen MR) is 83.2 cm³/mol. The number of nitro benzene ring substituents is 1. The number of hydrogen-bond acceptors (Lipinski definition) is 5. The molecule has 0 bridgehead atoms. The third kappa shape index (κ3) is 4.45. The molecule has 0 unspecified atom stereocenters. The van der Waals surface area contributed by atoms with Crippen LogP contribution >= 0.6 is 0 Å². The molecule has 2 aromatic rings. The summed E-state index contributed by atoms with van der Waals surface area (Å²) in [6.45, 7) is -0.255. The van der Waals surface area contributed by atoms with Gasteiger partial charge in [0.2, 0.25) is 10.0 Å². The van der Waals surface area contributed by atoms with Crippen molar-refractivity contribution >= 4 is 21.4 Å². The van der Waals surface area contributed by atoms with E-state index >= 15 is 0 Å². The highest BCUT2D eigenvalue weighted by molar-refractivity contribution is 7.89. The molecule has 0 spiro atoms. The molecule has 0 aliphatic rings. The number of nitro groups is 1. The normalized spacial score (nSPS) is 12.0. The van der Waals surface area contributed by atoms with Crippen LogP contribution < -0.4 is 10.5 Å².